The van der Waals surface area contributed by atoms with Gasteiger partial charge in [-0.2, -0.15) is 4.98 Å². The lowest BCUT2D eigenvalue weighted by Gasteiger charge is -2.38. The van der Waals surface area contributed by atoms with Gasteiger partial charge in [0.2, 0.25) is 0 Å². The van der Waals surface area contributed by atoms with Crippen molar-refractivity contribution in [3.05, 3.63) is 58.6 Å². The van der Waals surface area contributed by atoms with Crippen molar-refractivity contribution in [1.29, 1.82) is 0 Å². The lowest BCUT2D eigenvalue weighted by Crippen LogP contribution is -2.45. The van der Waals surface area contributed by atoms with Crippen molar-refractivity contribution >= 4 is 17.8 Å². The molecule has 0 bridgehead atoms. The van der Waals surface area contributed by atoms with Crippen molar-refractivity contribution in [2.75, 3.05) is 18.9 Å². The first-order valence-electron chi connectivity index (χ1n) is 14.2. The van der Waals surface area contributed by atoms with Crippen LogP contribution in [0.5, 0.6) is 0 Å². The van der Waals surface area contributed by atoms with Gasteiger partial charge in [-0.1, -0.05) is 18.2 Å². The first kappa shape index (κ1) is 28.8. The third-order valence-electron chi connectivity index (χ3n) is 7.90. The zero-order chi connectivity index (χ0) is 28.0. The maximum absolute atomic E-state index is 12.7. The van der Waals surface area contributed by atoms with Gasteiger partial charge >= 0.3 is 11.8 Å². The number of hydrogen-bond donors (Lipinski definition) is 2. The van der Waals surface area contributed by atoms with Gasteiger partial charge in [0, 0.05) is 36.4 Å². The van der Waals surface area contributed by atoms with Gasteiger partial charge in [-0.25, -0.2) is 9.59 Å². The molecule has 9 nitrogen and oxygen atoms in total. The van der Waals surface area contributed by atoms with Crippen LogP contribution in [-0.2, 0) is 4.74 Å². The van der Waals surface area contributed by atoms with Crippen LogP contribution in [-0.4, -0.2) is 57.7 Å². The van der Waals surface area contributed by atoms with Gasteiger partial charge in [0.15, 0.2) is 0 Å². The minimum atomic E-state index is -0.478. The van der Waals surface area contributed by atoms with Gasteiger partial charge in [-0.3, -0.25) is 9.36 Å². The Morgan fingerprint density at radius 3 is 2.28 bits per heavy atom. The van der Waals surface area contributed by atoms with Crippen LogP contribution in [0.1, 0.15) is 88.5 Å². The Hall–Kier alpha value is -3.20. The zero-order valence-electron chi connectivity index (χ0n) is 23.7. The average molecular weight is 538 g/mol. The van der Waals surface area contributed by atoms with E-state index in [1.165, 1.54) is 0 Å². The highest BCUT2D eigenvalue weighted by atomic mass is 16.6. The lowest BCUT2D eigenvalue weighted by molar-refractivity contribution is 0.0477. The van der Waals surface area contributed by atoms with Gasteiger partial charge in [0.25, 0.3) is 5.91 Å². The van der Waals surface area contributed by atoms with Gasteiger partial charge in [-0.15, -0.1) is 0 Å². The van der Waals surface area contributed by atoms with Crippen LogP contribution in [0.2, 0.25) is 0 Å². The molecule has 0 radical (unpaired) electrons. The molecule has 0 atom stereocenters. The summed E-state index contributed by atoms with van der Waals surface area (Å²) in [6, 6.07) is 11.5. The molecule has 2 fully saturated rings. The fourth-order valence-corrected chi connectivity index (χ4v) is 5.84. The van der Waals surface area contributed by atoms with Crippen LogP contribution in [0, 0.1) is 5.92 Å². The number of aromatic nitrogens is 2. The summed E-state index contributed by atoms with van der Waals surface area (Å²) in [5, 5.41) is 5.74. The minimum absolute atomic E-state index is 0.139. The number of nitrogens with zero attached hydrogens (tertiary/aromatic N) is 3. The van der Waals surface area contributed by atoms with Gasteiger partial charge in [0.1, 0.15) is 11.4 Å². The Balaban J connectivity index is 1.20. The fourth-order valence-electron chi connectivity index (χ4n) is 5.84. The molecule has 0 aliphatic heterocycles. The molecule has 1 aromatic heterocycles. The summed E-state index contributed by atoms with van der Waals surface area (Å²) in [5.41, 5.74) is -0.274. The van der Waals surface area contributed by atoms with Crippen molar-refractivity contribution in [3.63, 3.8) is 0 Å². The predicted molar refractivity (Wildman–Crippen MR) is 152 cm³/mol. The van der Waals surface area contributed by atoms with Crippen LogP contribution in [0.15, 0.2) is 47.4 Å². The van der Waals surface area contributed by atoms with E-state index in [9.17, 15) is 14.4 Å². The molecule has 0 saturated heterocycles. The smallest absolute Gasteiger partial charge is 0.407 e. The molecule has 0 spiro atoms. The lowest BCUT2D eigenvalue weighted by atomic mass is 9.84. The molecule has 2 amide bonds. The fraction of sp³-hybridized carbons (Fsp3) is 0.600. The zero-order valence-corrected chi connectivity index (χ0v) is 23.7. The monoisotopic (exact) mass is 537 g/mol. The molecule has 2 aliphatic rings. The molecule has 1 aromatic carbocycles. The summed E-state index contributed by atoms with van der Waals surface area (Å²) in [4.78, 5) is 43.8. The number of alkyl carbamates (subject to hydrolysis) is 1. The van der Waals surface area contributed by atoms with Gasteiger partial charge < -0.3 is 20.3 Å². The highest BCUT2D eigenvalue weighted by molar-refractivity contribution is 6.03. The molecule has 2 saturated carbocycles. The SMILES string of the molecule is CN(C[C@H]1CC[C@H](n2ccc(NC(=O)c3ccccc3)nc2=O)CC1)[C@H]1CC[C@H](NC(=O)OC(C)(C)C)CC1. The van der Waals surface area contributed by atoms with E-state index < -0.39 is 5.60 Å². The summed E-state index contributed by atoms with van der Waals surface area (Å²) in [7, 11) is 2.22. The molecular weight excluding hydrogens is 494 g/mol. The number of hydrogen-bond acceptors (Lipinski definition) is 6. The van der Waals surface area contributed by atoms with E-state index in [0.717, 1.165) is 57.9 Å². The molecule has 212 valence electrons. The molecule has 4 rings (SSSR count). The third-order valence-corrected chi connectivity index (χ3v) is 7.90. The summed E-state index contributed by atoms with van der Waals surface area (Å²) < 4.78 is 7.12. The Labute approximate surface area is 231 Å². The Bertz CT molecular complexity index is 1160. The largest absolute Gasteiger partial charge is 0.444 e. The Morgan fingerprint density at radius 1 is 1.00 bits per heavy atom. The van der Waals surface area contributed by atoms with E-state index in [-0.39, 0.29) is 35.6 Å². The van der Waals surface area contributed by atoms with Crippen molar-refractivity contribution < 1.29 is 14.3 Å². The van der Waals surface area contributed by atoms with Crippen molar-refractivity contribution in [2.24, 2.45) is 5.92 Å². The van der Waals surface area contributed by atoms with Crippen molar-refractivity contribution in [2.45, 2.75) is 95.9 Å². The van der Waals surface area contributed by atoms with E-state index >= 15 is 0 Å². The molecule has 9 heteroatoms. The molecule has 2 aromatic rings. The van der Waals surface area contributed by atoms with Crippen LogP contribution in [0.3, 0.4) is 0 Å². The summed E-state index contributed by atoms with van der Waals surface area (Å²) >= 11 is 0. The molecular formula is C30H43N5O4. The second-order valence-electron chi connectivity index (χ2n) is 12.1. The number of ether oxygens (including phenoxy) is 1. The second-order valence-corrected chi connectivity index (χ2v) is 12.1. The maximum Gasteiger partial charge on any atom is 0.407 e. The Morgan fingerprint density at radius 2 is 1.67 bits per heavy atom. The van der Waals surface area contributed by atoms with Crippen LogP contribution < -0.4 is 16.3 Å². The average Bonchev–Trinajstić information content (AvgIpc) is 2.89. The highest BCUT2D eigenvalue weighted by Gasteiger charge is 2.29. The number of carbonyl (C=O) groups excluding carboxylic acids is 2. The minimum Gasteiger partial charge on any atom is -0.444 e. The number of rotatable bonds is 7. The van der Waals surface area contributed by atoms with Crippen LogP contribution >= 0.6 is 0 Å². The predicted octanol–water partition coefficient (Wildman–Crippen LogP) is 4.99. The Kier molecular flexibility index (Phi) is 9.43. The molecule has 2 aliphatic carbocycles. The van der Waals surface area contributed by atoms with Crippen LogP contribution in [0.4, 0.5) is 10.6 Å². The second kappa shape index (κ2) is 12.8. The number of benzene rings is 1. The maximum atomic E-state index is 12.7. The number of amides is 2. The van der Waals surface area contributed by atoms with E-state index in [0.29, 0.717) is 17.5 Å². The quantitative estimate of drug-likeness (QED) is 0.515. The van der Waals surface area contributed by atoms with E-state index in [2.05, 4.69) is 27.6 Å². The molecule has 0 unspecified atom stereocenters. The number of carbonyl (C=O) groups is 2. The van der Waals surface area contributed by atoms with E-state index in [4.69, 9.17) is 4.74 Å². The van der Waals surface area contributed by atoms with Crippen molar-refractivity contribution in [3.8, 4) is 0 Å². The van der Waals surface area contributed by atoms with Crippen molar-refractivity contribution in [1.82, 2.24) is 19.8 Å². The van der Waals surface area contributed by atoms with E-state index in [1.54, 1.807) is 41.1 Å². The number of anilines is 1. The summed E-state index contributed by atoms with van der Waals surface area (Å²) in [6.45, 7) is 6.70. The standard InChI is InChI=1S/C30H43N5O4/c1-30(2,3)39-29(38)31-23-12-16-24(17-13-23)34(4)20-21-10-14-25(15-11-21)35-19-18-26(33-28(35)37)32-27(36)22-8-6-5-7-9-22/h5-9,18-19,21,23-25H,10-17,20H2,1-4H3,(H,31,38)(H,32,33,36,37)/t21-,23-,24-,25-. The summed E-state index contributed by atoms with van der Waals surface area (Å²) in [5.74, 6) is 0.603. The third kappa shape index (κ3) is 8.39. The molecule has 2 N–H and O–H groups in total. The first-order chi connectivity index (χ1) is 18.6. The highest BCUT2D eigenvalue weighted by Crippen LogP contribution is 2.33. The topological polar surface area (TPSA) is 106 Å². The summed E-state index contributed by atoms with van der Waals surface area (Å²) in [6.07, 6.45) is 9.56. The molecule has 39 heavy (non-hydrogen) atoms. The van der Waals surface area contributed by atoms with Gasteiger partial charge in [-0.05, 0) is 103 Å². The van der Waals surface area contributed by atoms with E-state index in [1.807, 2.05) is 26.8 Å². The molecule has 1 heterocycles. The normalized spacial score (nSPS) is 23.7. The number of nitrogens with one attached hydrogen (secondary N) is 2. The van der Waals surface area contributed by atoms with Crippen LogP contribution in [0.25, 0.3) is 0 Å². The first-order valence-corrected chi connectivity index (χ1v) is 14.2. The van der Waals surface area contributed by atoms with Gasteiger partial charge in [0.05, 0.1) is 0 Å².